The maximum atomic E-state index is 12.0. The molecule has 0 saturated carbocycles. The van der Waals surface area contributed by atoms with Crippen LogP contribution >= 0.6 is 0 Å². The van der Waals surface area contributed by atoms with Crippen molar-refractivity contribution in [2.45, 2.75) is 11.8 Å². The molecule has 2 rings (SSSR count). The molecule has 6 nitrogen and oxygen atoms in total. The molecule has 114 valence electrons. The van der Waals surface area contributed by atoms with Gasteiger partial charge in [-0.05, 0) is 36.8 Å². The third-order valence-electron chi connectivity index (χ3n) is 2.88. The Bertz CT molecular complexity index is 794. The normalized spacial score (nSPS) is 11.5. The van der Waals surface area contributed by atoms with E-state index in [2.05, 4.69) is 9.93 Å². The van der Waals surface area contributed by atoms with Crippen LogP contribution in [0.4, 0.5) is 0 Å². The van der Waals surface area contributed by atoms with Crippen molar-refractivity contribution >= 4 is 22.2 Å². The fourth-order valence-corrected chi connectivity index (χ4v) is 2.44. The number of rotatable bonds is 5. The Morgan fingerprint density at radius 3 is 2.23 bits per heavy atom. The number of sulfonamides is 1. The molecule has 0 aromatic heterocycles. The van der Waals surface area contributed by atoms with Gasteiger partial charge in [0.15, 0.2) is 0 Å². The van der Waals surface area contributed by atoms with Gasteiger partial charge in [-0.15, -0.1) is 0 Å². The Morgan fingerprint density at radius 1 is 1.09 bits per heavy atom. The van der Waals surface area contributed by atoms with Gasteiger partial charge in [-0.3, -0.25) is 0 Å². The monoisotopic (exact) mass is 318 g/mol. The predicted octanol–water partition coefficient (Wildman–Crippen LogP) is 2.01. The standard InChI is InChI=1S/C15H14N2O4S/c1-11-2-8-14(9-3-11)22(20,21)17-16-10-12-4-6-13(7-5-12)15(18)19/h2-10,17H,1H3,(H,18,19)/b16-10+. The molecule has 0 aliphatic carbocycles. The van der Waals surface area contributed by atoms with E-state index in [-0.39, 0.29) is 10.5 Å². The van der Waals surface area contributed by atoms with Crippen molar-refractivity contribution in [1.29, 1.82) is 0 Å². The lowest BCUT2D eigenvalue weighted by Gasteiger charge is -2.03. The molecule has 2 N–H and O–H groups in total. The summed E-state index contributed by atoms with van der Waals surface area (Å²) < 4.78 is 23.9. The fraction of sp³-hybridized carbons (Fsp3) is 0.0667. The number of aromatic carboxylic acids is 1. The van der Waals surface area contributed by atoms with Gasteiger partial charge < -0.3 is 5.11 Å². The molecule has 0 spiro atoms. The van der Waals surface area contributed by atoms with Crippen molar-refractivity contribution < 1.29 is 18.3 Å². The van der Waals surface area contributed by atoms with E-state index < -0.39 is 16.0 Å². The van der Waals surface area contributed by atoms with Gasteiger partial charge in [0.1, 0.15) is 0 Å². The summed E-state index contributed by atoms with van der Waals surface area (Å²) in [4.78, 5) is 12.9. The summed E-state index contributed by atoms with van der Waals surface area (Å²) in [7, 11) is -3.71. The Kier molecular flexibility index (Phi) is 4.57. The second-order valence-electron chi connectivity index (χ2n) is 4.59. The smallest absolute Gasteiger partial charge is 0.335 e. The molecule has 22 heavy (non-hydrogen) atoms. The highest BCUT2D eigenvalue weighted by Crippen LogP contribution is 2.09. The van der Waals surface area contributed by atoms with Gasteiger partial charge in [0.25, 0.3) is 10.0 Å². The minimum Gasteiger partial charge on any atom is -0.478 e. The number of nitrogens with one attached hydrogen (secondary N) is 1. The highest BCUT2D eigenvalue weighted by Gasteiger charge is 2.11. The van der Waals surface area contributed by atoms with E-state index in [1.165, 1.54) is 42.6 Å². The van der Waals surface area contributed by atoms with Crippen LogP contribution in [0.1, 0.15) is 21.5 Å². The molecule has 0 fully saturated rings. The Balaban J connectivity index is 2.08. The molecule has 0 heterocycles. The van der Waals surface area contributed by atoms with Crippen LogP contribution in [0.2, 0.25) is 0 Å². The van der Waals surface area contributed by atoms with Crippen LogP contribution in [0.5, 0.6) is 0 Å². The summed E-state index contributed by atoms with van der Waals surface area (Å²) in [5.74, 6) is -1.02. The Labute approximate surface area is 128 Å². The van der Waals surface area contributed by atoms with Gasteiger partial charge >= 0.3 is 5.97 Å². The molecule has 0 aliphatic heterocycles. The number of benzene rings is 2. The van der Waals surface area contributed by atoms with Crippen molar-refractivity contribution in [2.75, 3.05) is 0 Å². The zero-order valence-corrected chi connectivity index (χ0v) is 12.5. The average molecular weight is 318 g/mol. The predicted molar refractivity (Wildman–Crippen MR) is 82.5 cm³/mol. The van der Waals surface area contributed by atoms with E-state index in [1.54, 1.807) is 12.1 Å². The molecular formula is C15H14N2O4S. The van der Waals surface area contributed by atoms with E-state index in [1.807, 2.05) is 6.92 Å². The van der Waals surface area contributed by atoms with Gasteiger partial charge in [0, 0.05) is 0 Å². The third kappa shape index (κ3) is 3.92. The van der Waals surface area contributed by atoms with Gasteiger partial charge in [0.2, 0.25) is 0 Å². The molecule has 0 bridgehead atoms. The SMILES string of the molecule is Cc1ccc(S(=O)(=O)N/N=C/c2ccc(C(=O)O)cc2)cc1. The highest BCUT2D eigenvalue weighted by atomic mass is 32.2. The summed E-state index contributed by atoms with van der Waals surface area (Å²) in [5.41, 5.74) is 1.69. The number of hydrazone groups is 1. The van der Waals surface area contributed by atoms with Crippen LogP contribution in [0, 0.1) is 6.92 Å². The minimum atomic E-state index is -3.71. The Morgan fingerprint density at radius 2 is 1.68 bits per heavy atom. The number of aryl methyl sites for hydroxylation is 1. The van der Waals surface area contributed by atoms with Crippen LogP contribution < -0.4 is 4.83 Å². The zero-order chi connectivity index (χ0) is 16.2. The highest BCUT2D eigenvalue weighted by molar-refractivity contribution is 7.89. The first kappa shape index (κ1) is 15.7. The summed E-state index contributed by atoms with van der Waals surface area (Å²) in [6.45, 7) is 1.86. The second-order valence-corrected chi connectivity index (χ2v) is 6.25. The van der Waals surface area contributed by atoms with Crippen LogP contribution in [0.25, 0.3) is 0 Å². The Hall–Kier alpha value is -2.67. The number of hydrogen-bond donors (Lipinski definition) is 2. The average Bonchev–Trinajstić information content (AvgIpc) is 2.48. The van der Waals surface area contributed by atoms with Crippen molar-refractivity contribution in [3.8, 4) is 0 Å². The van der Waals surface area contributed by atoms with Crippen molar-refractivity contribution in [2.24, 2.45) is 5.10 Å². The van der Waals surface area contributed by atoms with Gasteiger partial charge in [-0.25, -0.2) is 9.63 Å². The number of carboxylic acids is 1. The first-order chi connectivity index (χ1) is 10.4. The molecule has 0 atom stereocenters. The minimum absolute atomic E-state index is 0.122. The molecule has 2 aromatic rings. The van der Waals surface area contributed by atoms with E-state index in [4.69, 9.17) is 5.11 Å². The summed E-state index contributed by atoms with van der Waals surface area (Å²) in [6.07, 6.45) is 1.30. The lowest BCUT2D eigenvalue weighted by Crippen LogP contribution is -2.18. The van der Waals surface area contributed by atoms with Crippen LogP contribution in [-0.4, -0.2) is 25.7 Å². The molecule has 7 heteroatoms. The van der Waals surface area contributed by atoms with Crippen molar-refractivity contribution in [3.05, 3.63) is 65.2 Å². The number of hydrogen-bond acceptors (Lipinski definition) is 4. The molecule has 2 aromatic carbocycles. The molecule has 0 saturated heterocycles. The van der Waals surface area contributed by atoms with E-state index in [0.29, 0.717) is 5.56 Å². The van der Waals surface area contributed by atoms with E-state index >= 15 is 0 Å². The topological polar surface area (TPSA) is 95.8 Å². The summed E-state index contributed by atoms with van der Waals surface area (Å²) in [5, 5.41) is 12.5. The molecule has 0 radical (unpaired) electrons. The fourth-order valence-electron chi connectivity index (χ4n) is 1.65. The number of carboxylic acid groups (broad SMARTS) is 1. The van der Waals surface area contributed by atoms with Gasteiger partial charge in [-0.2, -0.15) is 13.5 Å². The van der Waals surface area contributed by atoms with Crippen LogP contribution in [-0.2, 0) is 10.0 Å². The second kappa shape index (κ2) is 6.40. The van der Waals surface area contributed by atoms with Crippen molar-refractivity contribution in [3.63, 3.8) is 0 Å². The molecule has 0 amide bonds. The first-order valence-electron chi connectivity index (χ1n) is 6.33. The van der Waals surface area contributed by atoms with Crippen LogP contribution in [0.15, 0.2) is 58.5 Å². The first-order valence-corrected chi connectivity index (χ1v) is 7.82. The lowest BCUT2D eigenvalue weighted by atomic mass is 10.1. The lowest BCUT2D eigenvalue weighted by molar-refractivity contribution is 0.0697. The summed E-state index contributed by atoms with van der Waals surface area (Å²) in [6, 6.07) is 12.3. The third-order valence-corrected chi connectivity index (χ3v) is 4.11. The number of nitrogens with zero attached hydrogens (tertiary/aromatic N) is 1. The van der Waals surface area contributed by atoms with E-state index in [9.17, 15) is 13.2 Å². The van der Waals surface area contributed by atoms with Gasteiger partial charge in [0.05, 0.1) is 16.7 Å². The van der Waals surface area contributed by atoms with Crippen molar-refractivity contribution in [1.82, 2.24) is 4.83 Å². The maximum absolute atomic E-state index is 12.0. The molecule has 0 unspecified atom stereocenters. The quantitative estimate of drug-likeness (QED) is 0.651. The molecular weight excluding hydrogens is 304 g/mol. The molecule has 0 aliphatic rings. The zero-order valence-electron chi connectivity index (χ0n) is 11.7. The largest absolute Gasteiger partial charge is 0.478 e. The van der Waals surface area contributed by atoms with Gasteiger partial charge in [-0.1, -0.05) is 29.8 Å². The van der Waals surface area contributed by atoms with Crippen LogP contribution in [0.3, 0.4) is 0 Å². The number of carbonyl (C=O) groups is 1. The van der Waals surface area contributed by atoms with E-state index in [0.717, 1.165) is 5.56 Å². The summed E-state index contributed by atoms with van der Waals surface area (Å²) >= 11 is 0. The maximum Gasteiger partial charge on any atom is 0.335 e.